The minimum absolute atomic E-state index is 0.152. The molecule has 2 rings (SSSR count). The summed E-state index contributed by atoms with van der Waals surface area (Å²) in [5.74, 6) is -1.58. The summed E-state index contributed by atoms with van der Waals surface area (Å²) in [7, 11) is 0. The molecular formula is C14H15F2NS. The van der Waals surface area contributed by atoms with E-state index in [9.17, 15) is 8.78 Å². The molecule has 0 radical (unpaired) electrons. The van der Waals surface area contributed by atoms with Crippen LogP contribution in [0.25, 0.3) is 0 Å². The fourth-order valence-electron chi connectivity index (χ4n) is 1.88. The molecule has 2 N–H and O–H groups in total. The quantitative estimate of drug-likeness (QED) is 0.881. The molecule has 0 aliphatic rings. The molecule has 1 aromatic carbocycles. The maximum Gasteiger partial charge on any atom is 0.162 e. The highest BCUT2D eigenvalue weighted by Gasteiger charge is 2.11. The zero-order valence-corrected chi connectivity index (χ0v) is 10.7. The lowest BCUT2D eigenvalue weighted by molar-refractivity contribution is 0.490. The van der Waals surface area contributed by atoms with Gasteiger partial charge in [-0.3, -0.25) is 0 Å². The first kappa shape index (κ1) is 13.2. The number of hydrogen-bond donors (Lipinski definition) is 1. The van der Waals surface area contributed by atoms with E-state index in [1.54, 1.807) is 17.4 Å². The van der Waals surface area contributed by atoms with Crippen molar-refractivity contribution in [2.75, 3.05) is 0 Å². The van der Waals surface area contributed by atoms with Crippen molar-refractivity contribution in [1.82, 2.24) is 0 Å². The van der Waals surface area contributed by atoms with Crippen molar-refractivity contribution in [1.29, 1.82) is 0 Å². The zero-order valence-electron chi connectivity index (χ0n) is 9.90. The summed E-state index contributed by atoms with van der Waals surface area (Å²) in [5, 5.41) is 4.10. The molecule has 1 unspecified atom stereocenters. The van der Waals surface area contributed by atoms with Crippen molar-refractivity contribution in [3.05, 3.63) is 57.8 Å². The Kier molecular flexibility index (Phi) is 4.44. The normalized spacial score (nSPS) is 12.6. The van der Waals surface area contributed by atoms with Crippen molar-refractivity contribution in [2.24, 2.45) is 5.73 Å². The molecule has 2 aromatic rings. The molecule has 0 aliphatic heterocycles. The molecule has 96 valence electrons. The van der Waals surface area contributed by atoms with Crippen LogP contribution < -0.4 is 5.73 Å². The molecule has 4 heteroatoms. The summed E-state index contributed by atoms with van der Waals surface area (Å²) >= 11 is 1.65. The Labute approximate surface area is 109 Å². The van der Waals surface area contributed by atoms with E-state index < -0.39 is 11.6 Å². The van der Waals surface area contributed by atoms with Gasteiger partial charge in [-0.05, 0) is 53.3 Å². The summed E-state index contributed by atoms with van der Waals surface area (Å²) in [6.07, 6.45) is 2.02. The van der Waals surface area contributed by atoms with Gasteiger partial charge < -0.3 is 5.73 Å². The molecule has 1 heterocycles. The number of hydrogen-bond acceptors (Lipinski definition) is 2. The third-order valence-electron chi connectivity index (χ3n) is 2.90. The first-order chi connectivity index (χ1) is 8.66. The number of halogens is 2. The van der Waals surface area contributed by atoms with Gasteiger partial charge in [0.2, 0.25) is 0 Å². The predicted octanol–water partition coefficient (Wildman–Crippen LogP) is 3.53. The molecule has 0 saturated carbocycles. The van der Waals surface area contributed by atoms with Crippen LogP contribution in [0.5, 0.6) is 0 Å². The summed E-state index contributed by atoms with van der Waals surface area (Å²) in [6.45, 7) is 0. The minimum atomic E-state index is -0.808. The smallest absolute Gasteiger partial charge is 0.162 e. The minimum Gasteiger partial charge on any atom is -0.327 e. The average Bonchev–Trinajstić information content (AvgIpc) is 2.86. The van der Waals surface area contributed by atoms with Gasteiger partial charge in [-0.25, -0.2) is 8.78 Å². The predicted molar refractivity (Wildman–Crippen MR) is 70.7 cm³/mol. The van der Waals surface area contributed by atoms with Crippen LogP contribution in [0.4, 0.5) is 8.78 Å². The lowest BCUT2D eigenvalue weighted by Crippen LogP contribution is -2.24. The fourth-order valence-corrected chi connectivity index (χ4v) is 2.58. The van der Waals surface area contributed by atoms with Crippen LogP contribution in [0.3, 0.4) is 0 Å². The monoisotopic (exact) mass is 267 g/mol. The summed E-state index contributed by atoms with van der Waals surface area (Å²) < 4.78 is 26.5. The molecule has 1 nitrogen and oxygen atoms in total. The van der Waals surface area contributed by atoms with E-state index in [1.165, 1.54) is 11.6 Å². The molecule has 0 bridgehead atoms. The molecular weight excluding hydrogens is 252 g/mol. The Morgan fingerprint density at radius 1 is 1.22 bits per heavy atom. The number of benzene rings is 1. The average molecular weight is 267 g/mol. The third kappa shape index (κ3) is 3.37. The summed E-state index contributed by atoms with van der Waals surface area (Å²) in [6, 6.07) is 6.12. The zero-order chi connectivity index (χ0) is 13.0. The van der Waals surface area contributed by atoms with E-state index in [0.717, 1.165) is 18.9 Å². The van der Waals surface area contributed by atoms with Crippen LogP contribution in [0.1, 0.15) is 17.5 Å². The first-order valence-electron chi connectivity index (χ1n) is 5.86. The second-order valence-corrected chi connectivity index (χ2v) is 5.13. The second kappa shape index (κ2) is 6.07. The fraction of sp³-hybridized carbons (Fsp3) is 0.286. The Morgan fingerprint density at radius 2 is 2.06 bits per heavy atom. The Balaban J connectivity index is 1.90. The maximum absolute atomic E-state index is 13.4. The molecule has 0 spiro atoms. The number of thiophene rings is 1. The van der Waals surface area contributed by atoms with Crippen LogP contribution >= 0.6 is 11.3 Å². The van der Waals surface area contributed by atoms with E-state index >= 15 is 0 Å². The van der Waals surface area contributed by atoms with E-state index in [2.05, 4.69) is 11.4 Å². The molecule has 0 fully saturated rings. The highest BCUT2D eigenvalue weighted by molar-refractivity contribution is 7.07. The highest BCUT2D eigenvalue weighted by Crippen LogP contribution is 2.15. The number of rotatable bonds is 5. The van der Waals surface area contributed by atoms with Crippen molar-refractivity contribution >= 4 is 11.3 Å². The van der Waals surface area contributed by atoms with Crippen LogP contribution in [0.2, 0.25) is 0 Å². The Hall–Kier alpha value is -1.26. The Bertz CT molecular complexity index is 497. The van der Waals surface area contributed by atoms with Gasteiger partial charge in [0, 0.05) is 6.04 Å². The molecule has 1 atom stereocenters. The second-order valence-electron chi connectivity index (χ2n) is 4.35. The summed E-state index contributed by atoms with van der Waals surface area (Å²) in [5.41, 5.74) is 7.56. The standard InChI is InChI=1S/C14H15F2NS/c15-13-3-1-2-11(14(13)16)8-12(17)5-4-10-6-7-18-9-10/h1-3,6-7,9,12H,4-5,8,17H2. The van der Waals surface area contributed by atoms with Gasteiger partial charge in [0.15, 0.2) is 11.6 Å². The van der Waals surface area contributed by atoms with E-state index in [0.29, 0.717) is 12.0 Å². The third-order valence-corrected chi connectivity index (χ3v) is 3.63. The summed E-state index contributed by atoms with van der Waals surface area (Å²) in [4.78, 5) is 0. The van der Waals surface area contributed by atoms with Crippen molar-refractivity contribution < 1.29 is 8.78 Å². The first-order valence-corrected chi connectivity index (χ1v) is 6.80. The van der Waals surface area contributed by atoms with Crippen molar-refractivity contribution in [3.8, 4) is 0 Å². The van der Waals surface area contributed by atoms with E-state index in [1.807, 2.05) is 5.38 Å². The lowest BCUT2D eigenvalue weighted by atomic mass is 10.0. The van der Waals surface area contributed by atoms with Gasteiger partial charge >= 0.3 is 0 Å². The lowest BCUT2D eigenvalue weighted by Gasteiger charge is -2.12. The van der Waals surface area contributed by atoms with Gasteiger partial charge in [0.25, 0.3) is 0 Å². The van der Waals surface area contributed by atoms with Gasteiger partial charge in [-0.15, -0.1) is 0 Å². The molecule has 1 aromatic heterocycles. The van der Waals surface area contributed by atoms with Crippen LogP contribution in [-0.2, 0) is 12.8 Å². The van der Waals surface area contributed by atoms with Gasteiger partial charge in [0.1, 0.15) is 0 Å². The van der Waals surface area contributed by atoms with Gasteiger partial charge in [-0.2, -0.15) is 11.3 Å². The molecule has 0 amide bonds. The molecule has 0 saturated heterocycles. The van der Waals surface area contributed by atoms with Crippen molar-refractivity contribution in [3.63, 3.8) is 0 Å². The maximum atomic E-state index is 13.4. The van der Waals surface area contributed by atoms with Crippen LogP contribution in [-0.4, -0.2) is 6.04 Å². The molecule has 18 heavy (non-hydrogen) atoms. The van der Waals surface area contributed by atoms with Crippen molar-refractivity contribution in [2.45, 2.75) is 25.3 Å². The highest BCUT2D eigenvalue weighted by atomic mass is 32.1. The largest absolute Gasteiger partial charge is 0.327 e. The Morgan fingerprint density at radius 3 is 2.78 bits per heavy atom. The topological polar surface area (TPSA) is 26.0 Å². The SMILES string of the molecule is NC(CCc1ccsc1)Cc1cccc(F)c1F. The van der Waals surface area contributed by atoms with E-state index in [-0.39, 0.29) is 6.04 Å². The van der Waals surface area contributed by atoms with E-state index in [4.69, 9.17) is 5.73 Å². The van der Waals surface area contributed by atoms with Crippen LogP contribution in [0.15, 0.2) is 35.0 Å². The molecule has 0 aliphatic carbocycles. The van der Waals surface area contributed by atoms with Gasteiger partial charge in [-0.1, -0.05) is 12.1 Å². The van der Waals surface area contributed by atoms with Crippen LogP contribution in [0, 0.1) is 11.6 Å². The number of nitrogens with two attached hydrogens (primary N) is 1. The van der Waals surface area contributed by atoms with Gasteiger partial charge in [0.05, 0.1) is 0 Å². The number of aryl methyl sites for hydroxylation is 1.